The van der Waals surface area contributed by atoms with Crippen LogP contribution in [0.15, 0.2) is 77.9 Å². The largest absolute Gasteiger partial charge is 0.423 e. The normalized spacial score (nSPS) is 10.9. The average Bonchev–Trinajstić information content (AvgIpc) is 2.77. The summed E-state index contributed by atoms with van der Waals surface area (Å²) in [5, 5.41) is 6.54. The van der Waals surface area contributed by atoms with Crippen molar-refractivity contribution in [1.29, 1.82) is 0 Å². The number of amides is 2. The fraction of sp³-hybridized carbons (Fsp3) is 0.120. The Bertz CT molecular complexity index is 1150. The molecule has 2 N–H and O–H groups in total. The number of aryl methyl sites for hydroxylation is 2. The fourth-order valence-corrected chi connectivity index (χ4v) is 2.99. The van der Waals surface area contributed by atoms with Crippen molar-refractivity contribution >= 4 is 29.2 Å². The van der Waals surface area contributed by atoms with Crippen molar-refractivity contribution in [3.63, 3.8) is 0 Å². The molecule has 0 aliphatic heterocycles. The SMILES string of the molecule is CC(=NNC(=O)C(=O)Nc1cc(C)cc(C)c1)c1ccc(OC(=O)c2ccccc2)cc1. The first-order valence-corrected chi connectivity index (χ1v) is 9.93. The molecular formula is C25H23N3O4. The minimum atomic E-state index is -0.878. The van der Waals surface area contributed by atoms with Crippen LogP contribution in [0.2, 0.25) is 0 Å². The minimum absolute atomic E-state index is 0.382. The standard InChI is InChI=1S/C25H23N3O4/c1-16-13-17(2)15-21(14-16)26-23(29)24(30)28-27-18(3)19-9-11-22(12-10-19)32-25(31)20-7-5-4-6-8-20/h4-15H,1-3H3,(H,26,29)(H,28,30). The quantitative estimate of drug-likeness (QED) is 0.211. The summed E-state index contributed by atoms with van der Waals surface area (Å²) in [6, 6.07) is 20.9. The third-order valence-electron chi connectivity index (χ3n) is 4.50. The third kappa shape index (κ3) is 6.12. The van der Waals surface area contributed by atoms with Gasteiger partial charge in [0, 0.05) is 5.69 Å². The lowest BCUT2D eigenvalue weighted by Crippen LogP contribution is -2.33. The number of nitrogens with zero attached hydrogens (tertiary/aromatic N) is 1. The van der Waals surface area contributed by atoms with Crippen molar-refractivity contribution in [1.82, 2.24) is 5.43 Å². The van der Waals surface area contributed by atoms with Gasteiger partial charge in [-0.15, -0.1) is 0 Å². The van der Waals surface area contributed by atoms with Gasteiger partial charge in [-0.25, -0.2) is 10.2 Å². The van der Waals surface area contributed by atoms with Crippen molar-refractivity contribution < 1.29 is 19.1 Å². The summed E-state index contributed by atoms with van der Waals surface area (Å²) in [6.45, 7) is 5.50. The van der Waals surface area contributed by atoms with Gasteiger partial charge in [0.1, 0.15) is 5.75 Å². The molecule has 0 fully saturated rings. The number of esters is 1. The number of carbonyl (C=O) groups excluding carboxylic acids is 3. The zero-order chi connectivity index (χ0) is 23.1. The summed E-state index contributed by atoms with van der Waals surface area (Å²) in [5.74, 6) is -1.76. The van der Waals surface area contributed by atoms with Gasteiger partial charge in [0.15, 0.2) is 0 Å². The summed E-state index contributed by atoms with van der Waals surface area (Å²) >= 11 is 0. The molecular weight excluding hydrogens is 406 g/mol. The summed E-state index contributed by atoms with van der Waals surface area (Å²) in [5.41, 5.74) is 6.39. The molecule has 0 saturated heterocycles. The lowest BCUT2D eigenvalue weighted by molar-refractivity contribution is -0.136. The molecule has 0 atom stereocenters. The Morgan fingerprint density at radius 1 is 0.781 bits per heavy atom. The van der Waals surface area contributed by atoms with E-state index in [4.69, 9.17) is 4.74 Å². The molecule has 3 aromatic rings. The maximum Gasteiger partial charge on any atom is 0.343 e. The molecule has 7 nitrogen and oxygen atoms in total. The number of rotatable bonds is 5. The predicted octanol–water partition coefficient (Wildman–Crippen LogP) is 4.00. The minimum Gasteiger partial charge on any atom is -0.423 e. The number of carbonyl (C=O) groups is 3. The van der Waals surface area contributed by atoms with E-state index in [0.29, 0.717) is 28.3 Å². The van der Waals surface area contributed by atoms with Crippen LogP contribution >= 0.6 is 0 Å². The van der Waals surface area contributed by atoms with Crippen LogP contribution in [0.4, 0.5) is 5.69 Å². The highest BCUT2D eigenvalue weighted by Crippen LogP contribution is 2.15. The Labute approximate surface area is 186 Å². The molecule has 0 unspecified atom stereocenters. The summed E-state index contributed by atoms with van der Waals surface area (Å²) < 4.78 is 5.34. The Kier molecular flexibility index (Phi) is 7.13. The number of benzene rings is 3. The van der Waals surface area contributed by atoms with Crippen molar-refractivity contribution in [2.45, 2.75) is 20.8 Å². The van der Waals surface area contributed by atoms with Crippen LogP contribution in [0.3, 0.4) is 0 Å². The lowest BCUT2D eigenvalue weighted by Gasteiger charge is -2.08. The Hall–Kier alpha value is -4.26. The van der Waals surface area contributed by atoms with Crippen molar-refractivity contribution in [3.05, 3.63) is 95.1 Å². The van der Waals surface area contributed by atoms with E-state index in [-0.39, 0.29) is 0 Å². The van der Waals surface area contributed by atoms with E-state index in [1.807, 2.05) is 26.0 Å². The third-order valence-corrected chi connectivity index (χ3v) is 4.50. The summed E-state index contributed by atoms with van der Waals surface area (Å²) in [4.78, 5) is 36.3. The molecule has 32 heavy (non-hydrogen) atoms. The Balaban J connectivity index is 1.57. The number of nitrogens with one attached hydrogen (secondary N) is 2. The Morgan fingerprint density at radius 2 is 1.41 bits per heavy atom. The molecule has 7 heteroatoms. The highest BCUT2D eigenvalue weighted by atomic mass is 16.5. The number of hydrogen-bond acceptors (Lipinski definition) is 5. The van der Waals surface area contributed by atoms with Crippen molar-refractivity contribution in [2.75, 3.05) is 5.32 Å². The van der Waals surface area contributed by atoms with Gasteiger partial charge in [0.05, 0.1) is 11.3 Å². The molecule has 3 rings (SSSR count). The van der Waals surface area contributed by atoms with E-state index >= 15 is 0 Å². The molecule has 162 valence electrons. The molecule has 0 radical (unpaired) electrons. The van der Waals surface area contributed by atoms with E-state index in [0.717, 1.165) is 11.1 Å². The van der Waals surface area contributed by atoms with Gasteiger partial charge in [-0.3, -0.25) is 9.59 Å². The van der Waals surface area contributed by atoms with Crippen LogP contribution in [0.25, 0.3) is 0 Å². The topological polar surface area (TPSA) is 96.9 Å². The van der Waals surface area contributed by atoms with Gasteiger partial charge in [0.25, 0.3) is 0 Å². The zero-order valence-corrected chi connectivity index (χ0v) is 18.0. The van der Waals surface area contributed by atoms with Gasteiger partial charge < -0.3 is 10.1 Å². The van der Waals surface area contributed by atoms with Crippen LogP contribution in [0.1, 0.15) is 34.0 Å². The second kappa shape index (κ2) is 10.2. The number of anilines is 1. The fourth-order valence-electron chi connectivity index (χ4n) is 2.99. The van der Waals surface area contributed by atoms with Gasteiger partial charge in [-0.2, -0.15) is 5.10 Å². The second-order valence-electron chi connectivity index (χ2n) is 7.25. The highest BCUT2D eigenvalue weighted by Gasteiger charge is 2.14. The van der Waals surface area contributed by atoms with Crippen LogP contribution in [-0.4, -0.2) is 23.5 Å². The van der Waals surface area contributed by atoms with Crippen molar-refractivity contribution in [3.8, 4) is 5.75 Å². The summed E-state index contributed by atoms with van der Waals surface area (Å²) in [7, 11) is 0. The molecule has 0 aliphatic rings. The lowest BCUT2D eigenvalue weighted by atomic mass is 10.1. The molecule has 0 bridgehead atoms. The van der Waals surface area contributed by atoms with Gasteiger partial charge in [-0.1, -0.05) is 24.3 Å². The monoisotopic (exact) mass is 429 g/mol. The molecule has 0 saturated carbocycles. The second-order valence-corrected chi connectivity index (χ2v) is 7.25. The number of ether oxygens (including phenoxy) is 1. The predicted molar refractivity (Wildman–Crippen MR) is 123 cm³/mol. The average molecular weight is 429 g/mol. The number of hydrogen-bond donors (Lipinski definition) is 2. The van der Waals surface area contributed by atoms with E-state index in [9.17, 15) is 14.4 Å². The van der Waals surface area contributed by atoms with E-state index in [2.05, 4.69) is 15.8 Å². The van der Waals surface area contributed by atoms with Crippen LogP contribution in [0, 0.1) is 13.8 Å². The van der Waals surface area contributed by atoms with Crippen molar-refractivity contribution in [2.24, 2.45) is 5.10 Å². The van der Waals surface area contributed by atoms with E-state index in [1.165, 1.54) is 0 Å². The first kappa shape index (κ1) is 22.4. The summed E-state index contributed by atoms with van der Waals surface area (Å²) in [6.07, 6.45) is 0. The first-order valence-electron chi connectivity index (χ1n) is 9.93. The molecule has 0 aliphatic carbocycles. The van der Waals surface area contributed by atoms with Gasteiger partial charge >= 0.3 is 17.8 Å². The first-order chi connectivity index (χ1) is 15.3. The zero-order valence-electron chi connectivity index (χ0n) is 18.0. The van der Waals surface area contributed by atoms with E-state index in [1.54, 1.807) is 67.6 Å². The molecule has 0 heterocycles. The molecule has 3 aromatic carbocycles. The maximum absolute atomic E-state index is 12.1. The molecule has 0 aromatic heterocycles. The smallest absolute Gasteiger partial charge is 0.343 e. The van der Waals surface area contributed by atoms with Crippen LogP contribution < -0.4 is 15.5 Å². The van der Waals surface area contributed by atoms with Crippen LogP contribution in [-0.2, 0) is 9.59 Å². The number of hydrazone groups is 1. The Morgan fingerprint density at radius 3 is 2.03 bits per heavy atom. The van der Waals surface area contributed by atoms with Gasteiger partial charge in [-0.05, 0) is 86.0 Å². The molecule has 2 amide bonds. The van der Waals surface area contributed by atoms with Crippen LogP contribution in [0.5, 0.6) is 5.75 Å². The van der Waals surface area contributed by atoms with Gasteiger partial charge in [0.2, 0.25) is 0 Å². The molecule has 0 spiro atoms. The van der Waals surface area contributed by atoms with E-state index < -0.39 is 17.8 Å². The maximum atomic E-state index is 12.1. The highest BCUT2D eigenvalue weighted by molar-refractivity contribution is 6.39.